The molecule has 0 unspecified atom stereocenters. The van der Waals surface area contributed by atoms with Crippen LogP contribution >= 0.6 is 0 Å². The van der Waals surface area contributed by atoms with Gasteiger partial charge in [0, 0.05) is 31.4 Å². The number of carbonyl (C=O) groups excluding carboxylic acids is 2. The zero-order valence-corrected chi connectivity index (χ0v) is 18.5. The maximum atomic E-state index is 12.9. The molecule has 7 heteroatoms. The monoisotopic (exact) mass is 405 g/mol. The number of anilines is 1. The van der Waals surface area contributed by atoms with Crippen molar-refractivity contribution in [3.05, 3.63) is 29.8 Å². The lowest BCUT2D eigenvalue weighted by molar-refractivity contribution is -0.00139. The van der Waals surface area contributed by atoms with E-state index in [1.165, 1.54) is 0 Å². The summed E-state index contributed by atoms with van der Waals surface area (Å²) in [6, 6.07) is 7.48. The fraction of sp³-hybridized carbons (Fsp3) is 0.636. The van der Waals surface area contributed by atoms with E-state index in [4.69, 9.17) is 15.2 Å². The van der Waals surface area contributed by atoms with E-state index in [0.717, 1.165) is 5.56 Å². The first-order valence-electron chi connectivity index (χ1n) is 10.2. The van der Waals surface area contributed by atoms with Crippen molar-refractivity contribution in [1.82, 2.24) is 9.80 Å². The molecule has 7 nitrogen and oxygen atoms in total. The smallest absolute Gasteiger partial charge is 0.410 e. The number of amides is 2. The number of rotatable bonds is 3. The summed E-state index contributed by atoms with van der Waals surface area (Å²) in [5, 5.41) is 0. The molecule has 29 heavy (non-hydrogen) atoms. The van der Waals surface area contributed by atoms with Gasteiger partial charge >= 0.3 is 12.2 Å². The number of piperidine rings is 1. The van der Waals surface area contributed by atoms with Gasteiger partial charge in [0.1, 0.15) is 11.2 Å². The molecule has 0 radical (unpaired) electrons. The Morgan fingerprint density at radius 3 is 2.00 bits per heavy atom. The van der Waals surface area contributed by atoms with Gasteiger partial charge in [0.2, 0.25) is 0 Å². The zero-order valence-electron chi connectivity index (χ0n) is 18.5. The van der Waals surface area contributed by atoms with Crippen LogP contribution in [0, 0.1) is 0 Å². The van der Waals surface area contributed by atoms with Crippen molar-refractivity contribution in [3.63, 3.8) is 0 Å². The van der Waals surface area contributed by atoms with Gasteiger partial charge in [0.15, 0.2) is 0 Å². The molecule has 1 fully saturated rings. The molecular weight excluding hydrogens is 370 g/mol. The quantitative estimate of drug-likeness (QED) is 0.753. The van der Waals surface area contributed by atoms with Crippen LogP contribution in [-0.2, 0) is 16.0 Å². The summed E-state index contributed by atoms with van der Waals surface area (Å²) in [5.41, 5.74) is 6.35. The molecule has 1 heterocycles. The van der Waals surface area contributed by atoms with Crippen molar-refractivity contribution in [2.24, 2.45) is 0 Å². The Hall–Kier alpha value is -2.44. The van der Waals surface area contributed by atoms with Crippen molar-refractivity contribution in [2.75, 3.05) is 18.8 Å². The van der Waals surface area contributed by atoms with E-state index in [-0.39, 0.29) is 18.2 Å². The van der Waals surface area contributed by atoms with Gasteiger partial charge in [-0.05, 0) is 72.1 Å². The van der Waals surface area contributed by atoms with Crippen LogP contribution < -0.4 is 5.73 Å². The first kappa shape index (κ1) is 22.8. The van der Waals surface area contributed by atoms with E-state index >= 15 is 0 Å². The predicted octanol–water partition coefficient (Wildman–Crippen LogP) is 4.41. The van der Waals surface area contributed by atoms with E-state index in [0.29, 0.717) is 38.2 Å². The number of likely N-dealkylation sites (tertiary alicyclic amines) is 1. The van der Waals surface area contributed by atoms with Gasteiger partial charge in [-0.1, -0.05) is 12.1 Å². The molecule has 0 aromatic heterocycles. The minimum atomic E-state index is -0.576. The highest BCUT2D eigenvalue weighted by Crippen LogP contribution is 2.23. The summed E-state index contributed by atoms with van der Waals surface area (Å²) in [4.78, 5) is 28.7. The minimum absolute atomic E-state index is 0.0129. The highest BCUT2D eigenvalue weighted by atomic mass is 16.6. The standard InChI is InChI=1S/C22H35N3O4/c1-21(2,3)28-19(26)24-13-11-18(12-14-24)25(20(27)29-22(4,5)6)15-16-7-9-17(23)10-8-16/h7-10,18H,11-15,23H2,1-6H3. The first-order chi connectivity index (χ1) is 13.3. The molecule has 1 aromatic rings. The molecule has 0 aliphatic carbocycles. The maximum absolute atomic E-state index is 12.9. The van der Waals surface area contributed by atoms with Crippen LogP contribution in [0.5, 0.6) is 0 Å². The molecule has 2 N–H and O–H groups in total. The summed E-state index contributed by atoms with van der Waals surface area (Å²) >= 11 is 0. The molecule has 162 valence electrons. The fourth-order valence-electron chi connectivity index (χ4n) is 3.17. The number of nitrogens with two attached hydrogens (primary N) is 1. The summed E-state index contributed by atoms with van der Waals surface area (Å²) in [6.07, 6.45) is 0.698. The van der Waals surface area contributed by atoms with Crippen LogP contribution in [-0.4, -0.2) is 52.3 Å². The molecule has 1 aliphatic rings. The van der Waals surface area contributed by atoms with Gasteiger partial charge in [-0.25, -0.2) is 9.59 Å². The van der Waals surface area contributed by atoms with E-state index in [1.54, 1.807) is 9.80 Å². The number of nitrogens with zero attached hydrogens (tertiary/aromatic N) is 2. The van der Waals surface area contributed by atoms with Gasteiger partial charge < -0.3 is 25.0 Å². The largest absolute Gasteiger partial charge is 0.444 e. The lowest BCUT2D eigenvalue weighted by atomic mass is 10.0. The van der Waals surface area contributed by atoms with Crippen LogP contribution in [0.25, 0.3) is 0 Å². The van der Waals surface area contributed by atoms with Crippen LogP contribution in [0.2, 0.25) is 0 Å². The lowest BCUT2D eigenvalue weighted by Gasteiger charge is -2.39. The Morgan fingerprint density at radius 1 is 1.00 bits per heavy atom. The first-order valence-corrected chi connectivity index (χ1v) is 10.2. The van der Waals surface area contributed by atoms with E-state index in [9.17, 15) is 9.59 Å². The highest BCUT2D eigenvalue weighted by molar-refractivity contribution is 5.69. The molecule has 0 bridgehead atoms. The van der Waals surface area contributed by atoms with Gasteiger partial charge in [0.05, 0.1) is 0 Å². The third-order valence-corrected chi connectivity index (χ3v) is 4.52. The minimum Gasteiger partial charge on any atom is -0.444 e. The molecule has 1 aliphatic heterocycles. The van der Waals surface area contributed by atoms with Gasteiger partial charge in [-0.2, -0.15) is 0 Å². The Bertz CT molecular complexity index is 696. The van der Waals surface area contributed by atoms with Gasteiger partial charge in [0.25, 0.3) is 0 Å². The summed E-state index contributed by atoms with van der Waals surface area (Å²) < 4.78 is 11.1. The van der Waals surface area contributed by atoms with E-state index in [2.05, 4.69) is 0 Å². The molecule has 2 rings (SSSR count). The SMILES string of the molecule is CC(C)(C)OC(=O)N1CCC(N(Cc2ccc(N)cc2)C(=O)OC(C)(C)C)CC1. The van der Waals surface area contributed by atoms with E-state index in [1.807, 2.05) is 65.8 Å². The topological polar surface area (TPSA) is 85.1 Å². The van der Waals surface area contributed by atoms with Crippen molar-refractivity contribution in [2.45, 2.75) is 78.2 Å². The van der Waals surface area contributed by atoms with Crippen molar-refractivity contribution >= 4 is 17.9 Å². The van der Waals surface area contributed by atoms with Crippen LogP contribution in [0.4, 0.5) is 15.3 Å². The average Bonchev–Trinajstić information content (AvgIpc) is 2.58. The third-order valence-electron chi connectivity index (χ3n) is 4.52. The van der Waals surface area contributed by atoms with Gasteiger partial charge in [-0.15, -0.1) is 0 Å². The number of nitrogen functional groups attached to an aromatic ring is 1. The molecule has 0 spiro atoms. The maximum Gasteiger partial charge on any atom is 0.410 e. The lowest BCUT2D eigenvalue weighted by Crippen LogP contribution is -2.50. The number of hydrogen-bond acceptors (Lipinski definition) is 5. The molecular formula is C22H35N3O4. The third kappa shape index (κ3) is 7.48. The Kier molecular flexibility index (Phi) is 7.03. The number of ether oxygens (including phenoxy) is 2. The summed E-state index contributed by atoms with van der Waals surface area (Å²) in [5.74, 6) is 0. The molecule has 0 atom stereocenters. The average molecular weight is 406 g/mol. The zero-order chi connectivity index (χ0) is 21.8. The predicted molar refractivity (Wildman–Crippen MR) is 113 cm³/mol. The second kappa shape index (κ2) is 8.93. The van der Waals surface area contributed by atoms with Crippen LogP contribution in [0.1, 0.15) is 59.9 Å². The highest BCUT2D eigenvalue weighted by Gasteiger charge is 2.33. The molecule has 0 saturated carbocycles. The Morgan fingerprint density at radius 2 is 1.52 bits per heavy atom. The molecule has 1 aromatic carbocycles. The number of benzene rings is 1. The molecule has 2 amide bonds. The Balaban J connectivity index is 2.08. The number of hydrogen-bond donors (Lipinski definition) is 1. The van der Waals surface area contributed by atoms with Crippen LogP contribution in [0.15, 0.2) is 24.3 Å². The van der Waals surface area contributed by atoms with Crippen molar-refractivity contribution < 1.29 is 19.1 Å². The Labute approximate surface area is 174 Å². The van der Waals surface area contributed by atoms with E-state index < -0.39 is 11.2 Å². The second-order valence-corrected chi connectivity index (χ2v) is 9.55. The van der Waals surface area contributed by atoms with Crippen LogP contribution in [0.3, 0.4) is 0 Å². The van der Waals surface area contributed by atoms with Gasteiger partial charge in [-0.3, -0.25) is 0 Å². The summed E-state index contributed by atoms with van der Waals surface area (Å²) in [7, 11) is 0. The summed E-state index contributed by atoms with van der Waals surface area (Å²) in [6.45, 7) is 12.7. The van der Waals surface area contributed by atoms with Crippen molar-refractivity contribution in [3.8, 4) is 0 Å². The second-order valence-electron chi connectivity index (χ2n) is 9.55. The fourth-order valence-corrected chi connectivity index (χ4v) is 3.17. The van der Waals surface area contributed by atoms with Crippen molar-refractivity contribution in [1.29, 1.82) is 0 Å². The molecule has 1 saturated heterocycles. The number of carbonyl (C=O) groups is 2. The normalized spacial score (nSPS) is 15.7.